The molecule has 1 aliphatic rings. The van der Waals surface area contributed by atoms with Gasteiger partial charge in [0, 0.05) is 12.5 Å². The molecule has 0 aliphatic carbocycles. The lowest BCUT2D eigenvalue weighted by molar-refractivity contribution is -0.0384. The van der Waals surface area contributed by atoms with E-state index in [9.17, 15) is 0 Å². The van der Waals surface area contributed by atoms with E-state index in [1.165, 1.54) is 12.0 Å². The molecule has 0 spiro atoms. The molecule has 2 rings (SSSR count). The maximum absolute atomic E-state index is 5.48. The van der Waals surface area contributed by atoms with Crippen molar-refractivity contribution >= 4 is 0 Å². The summed E-state index contributed by atoms with van der Waals surface area (Å²) in [5.74, 6) is 2.26. The first-order valence-corrected chi connectivity index (χ1v) is 6.78. The standard InChI is InChI=1S/C15H23NO2/c1-3-18-15-6-4-13(5-7-15)14(9-16-2)8-12-10-17-11-12/h4-7,12,14,16H,3,8-11H2,1-2H3. The fourth-order valence-corrected chi connectivity index (χ4v) is 2.41. The molecule has 1 atom stereocenters. The van der Waals surface area contributed by atoms with Gasteiger partial charge in [0.1, 0.15) is 5.75 Å². The van der Waals surface area contributed by atoms with Crippen molar-refractivity contribution in [1.29, 1.82) is 0 Å². The van der Waals surface area contributed by atoms with Crippen molar-refractivity contribution in [2.75, 3.05) is 33.4 Å². The molecule has 100 valence electrons. The Bertz CT molecular complexity index is 346. The van der Waals surface area contributed by atoms with Crippen molar-refractivity contribution in [2.45, 2.75) is 19.3 Å². The SMILES string of the molecule is CCOc1ccc(C(CNC)CC2COC2)cc1. The van der Waals surface area contributed by atoms with E-state index in [0.29, 0.717) is 5.92 Å². The predicted octanol–water partition coefficient (Wildman–Crippen LogP) is 2.42. The Morgan fingerprint density at radius 1 is 1.33 bits per heavy atom. The molecule has 3 nitrogen and oxygen atoms in total. The fraction of sp³-hybridized carbons (Fsp3) is 0.600. The summed E-state index contributed by atoms with van der Waals surface area (Å²) in [5.41, 5.74) is 1.39. The van der Waals surface area contributed by atoms with Crippen LogP contribution in [0.25, 0.3) is 0 Å². The van der Waals surface area contributed by atoms with E-state index >= 15 is 0 Å². The van der Waals surface area contributed by atoms with Gasteiger partial charge in [-0.1, -0.05) is 12.1 Å². The van der Waals surface area contributed by atoms with Gasteiger partial charge in [-0.15, -0.1) is 0 Å². The van der Waals surface area contributed by atoms with Gasteiger partial charge in [-0.3, -0.25) is 0 Å². The molecule has 0 saturated carbocycles. The summed E-state index contributed by atoms with van der Waals surface area (Å²) in [5, 5.41) is 3.29. The van der Waals surface area contributed by atoms with Crippen LogP contribution in [0, 0.1) is 5.92 Å². The highest BCUT2D eigenvalue weighted by atomic mass is 16.5. The van der Waals surface area contributed by atoms with E-state index in [2.05, 4.69) is 29.6 Å². The third-order valence-electron chi connectivity index (χ3n) is 3.44. The van der Waals surface area contributed by atoms with E-state index in [-0.39, 0.29) is 0 Å². The van der Waals surface area contributed by atoms with Crippen LogP contribution in [-0.2, 0) is 4.74 Å². The Kier molecular flexibility index (Phi) is 5.02. The van der Waals surface area contributed by atoms with E-state index < -0.39 is 0 Å². The summed E-state index contributed by atoms with van der Waals surface area (Å²) in [6.07, 6.45) is 1.20. The van der Waals surface area contributed by atoms with Gasteiger partial charge >= 0.3 is 0 Å². The van der Waals surface area contributed by atoms with Crippen LogP contribution in [0.2, 0.25) is 0 Å². The molecule has 1 aliphatic heterocycles. The maximum Gasteiger partial charge on any atom is 0.119 e. The highest BCUT2D eigenvalue weighted by molar-refractivity contribution is 5.29. The van der Waals surface area contributed by atoms with Gasteiger partial charge in [0.25, 0.3) is 0 Å². The summed E-state index contributed by atoms with van der Waals surface area (Å²) in [6, 6.07) is 8.51. The minimum atomic E-state index is 0.569. The first kappa shape index (κ1) is 13.4. The molecule has 3 heteroatoms. The second kappa shape index (κ2) is 6.76. The van der Waals surface area contributed by atoms with Crippen molar-refractivity contribution in [1.82, 2.24) is 5.32 Å². The Labute approximate surface area is 109 Å². The van der Waals surface area contributed by atoms with Gasteiger partial charge in [0.2, 0.25) is 0 Å². The van der Waals surface area contributed by atoms with Gasteiger partial charge in [-0.25, -0.2) is 0 Å². The van der Waals surface area contributed by atoms with Crippen molar-refractivity contribution < 1.29 is 9.47 Å². The summed E-state index contributed by atoms with van der Waals surface area (Å²) in [6.45, 7) is 5.60. The number of hydrogen-bond acceptors (Lipinski definition) is 3. The van der Waals surface area contributed by atoms with Crippen molar-refractivity contribution in [2.24, 2.45) is 5.92 Å². The molecule has 0 amide bonds. The number of nitrogens with one attached hydrogen (secondary N) is 1. The summed E-state index contributed by atoms with van der Waals surface area (Å²) in [4.78, 5) is 0. The average molecular weight is 249 g/mol. The zero-order chi connectivity index (χ0) is 12.8. The Morgan fingerprint density at radius 2 is 2.06 bits per heavy atom. The molecule has 1 aromatic rings. The first-order chi connectivity index (χ1) is 8.83. The quantitative estimate of drug-likeness (QED) is 0.805. The van der Waals surface area contributed by atoms with Gasteiger partial charge in [-0.05, 0) is 44.0 Å². The van der Waals surface area contributed by atoms with Crippen LogP contribution in [0.1, 0.15) is 24.8 Å². The zero-order valence-corrected chi connectivity index (χ0v) is 11.3. The summed E-state index contributed by atoms with van der Waals surface area (Å²) >= 11 is 0. The zero-order valence-electron chi connectivity index (χ0n) is 11.3. The lowest BCUT2D eigenvalue weighted by atomic mass is 9.88. The predicted molar refractivity (Wildman–Crippen MR) is 73.2 cm³/mol. The Balaban J connectivity index is 1.99. The molecule has 1 aromatic carbocycles. The van der Waals surface area contributed by atoms with Crippen LogP contribution < -0.4 is 10.1 Å². The van der Waals surface area contributed by atoms with E-state index in [1.54, 1.807) is 0 Å². The Hall–Kier alpha value is -1.06. The molecule has 18 heavy (non-hydrogen) atoms. The third kappa shape index (κ3) is 3.47. The molecule has 1 heterocycles. The van der Waals surface area contributed by atoms with Crippen LogP contribution in [0.4, 0.5) is 0 Å². The molecule has 1 unspecified atom stereocenters. The molecular weight excluding hydrogens is 226 g/mol. The van der Waals surface area contributed by atoms with Crippen molar-refractivity contribution in [3.63, 3.8) is 0 Å². The van der Waals surface area contributed by atoms with Gasteiger partial charge in [0.15, 0.2) is 0 Å². The lowest BCUT2D eigenvalue weighted by Gasteiger charge is -2.30. The molecule has 0 radical (unpaired) electrons. The van der Waals surface area contributed by atoms with Crippen LogP contribution in [0.3, 0.4) is 0 Å². The highest BCUT2D eigenvalue weighted by Crippen LogP contribution is 2.28. The molecule has 1 fully saturated rings. The summed E-state index contributed by atoms with van der Waals surface area (Å²) < 4.78 is 10.7. The normalized spacial score (nSPS) is 17.2. The van der Waals surface area contributed by atoms with Gasteiger partial charge in [0.05, 0.1) is 19.8 Å². The monoisotopic (exact) mass is 249 g/mol. The molecule has 1 N–H and O–H groups in total. The number of ether oxygens (including phenoxy) is 2. The molecule has 0 aromatic heterocycles. The minimum Gasteiger partial charge on any atom is -0.494 e. The first-order valence-electron chi connectivity index (χ1n) is 6.78. The number of hydrogen-bond donors (Lipinski definition) is 1. The van der Waals surface area contributed by atoms with Gasteiger partial charge < -0.3 is 14.8 Å². The van der Waals surface area contributed by atoms with Crippen molar-refractivity contribution in [3.8, 4) is 5.75 Å². The topological polar surface area (TPSA) is 30.5 Å². The smallest absolute Gasteiger partial charge is 0.119 e. The van der Waals surface area contributed by atoms with Crippen LogP contribution in [0.5, 0.6) is 5.75 Å². The van der Waals surface area contributed by atoms with Crippen LogP contribution >= 0.6 is 0 Å². The van der Waals surface area contributed by atoms with E-state index in [4.69, 9.17) is 9.47 Å². The fourth-order valence-electron chi connectivity index (χ4n) is 2.41. The number of benzene rings is 1. The third-order valence-corrected chi connectivity index (χ3v) is 3.44. The second-order valence-corrected chi connectivity index (χ2v) is 4.90. The number of likely N-dealkylation sites (N-methyl/N-ethyl adjacent to an activating group) is 1. The molecule has 1 saturated heterocycles. The van der Waals surface area contributed by atoms with E-state index in [0.717, 1.165) is 38.0 Å². The van der Waals surface area contributed by atoms with E-state index in [1.807, 2.05) is 14.0 Å². The second-order valence-electron chi connectivity index (χ2n) is 4.90. The number of rotatable bonds is 7. The minimum absolute atomic E-state index is 0.569. The van der Waals surface area contributed by atoms with Crippen LogP contribution in [0.15, 0.2) is 24.3 Å². The summed E-state index contributed by atoms with van der Waals surface area (Å²) in [7, 11) is 2.01. The lowest BCUT2D eigenvalue weighted by Crippen LogP contribution is -2.31. The maximum atomic E-state index is 5.48. The Morgan fingerprint density at radius 3 is 2.56 bits per heavy atom. The van der Waals surface area contributed by atoms with Gasteiger partial charge in [-0.2, -0.15) is 0 Å². The largest absolute Gasteiger partial charge is 0.494 e. The highest BCUT2D eigenvalue weighted by Gasteiger charge is 2.23. The molecule has 0 bridgehead atoms. The van der Waals surface area contributed by atoms with Crippen molar-refractivity contribution in [3.05, 3.63) is 29.8 Å². The molecular formula is C15H23NO2. The van der Waals surface area contributed by atoms with Crippen LogP contribution in [-0.4, -0.2) is 33.4 Å². The average Bonchev–Trinajstić information content (AvgIpc) is 2.34.